The number of aryl methyl sites for hydroxylation is 1. The van der Waals surface area contributed by atoms with Crippen molar-refractivity contribution >= 4 is 22.7 Å². The van der Waals surface area contributed by atoms with Crippen LogP contribution in [-0.4, -0.2) is 6.04 Å². The molecule has 1 heterocycles. The number of hydrogen-bond acceptors (Lipinski definition) is 3. The van der Waals surface area contributed by atoms with Crippen molar-refractivity contribution in [2.24, 2.45) is 0 Å². The lowest BCUT2D eigenvalue weighted by molar-refractivity contribution is 0.805. The van der Waals surface area contributed by atoms with E-state index in [0.717, 1.165) is 12.2 Å². The van der Waals surface area contributed by atoms with Crippen molar-refractivity contribution in [2.45, 2.75) is 32.4 Å². The molecule has 1 aromatic heterocycles. The van der Waals surface area contributed by atoms with Crippen LogP contribution in [0, 0.1) is 6.92 Å². The van der Waals surface area contributed by atoms with E-state index in [9.17, 15) is 0 Å². The van der Waals surface area contributed by atoms with Gasteiger partial charge in [-0.05, 0) is 48.9 Å². The molecule has 0 bridgehead atoms. The topological polar surface area (TPSA) is 29.3 Å². The molecule has 0 saturated heterocycles. The van der Waals surface area contributed by atoms with Crippen LogP contribution in [0.5, 0.6) is 0 Å². The summed E-state index contributed by atoms with van der Waals surface area (Å²) in [4.78, 5) is 3.86. The van der Waals surface area contributed by atoms with E-state index in [-0.39, 0.29) is 0 Å². The molecule has 1 aliphatic carbocycles. The van der Waals surface area contributed by atoms with Crippen molar-refractivity contribution in [3.63, 3.8) is 0 Å². The summed E-state index contributed by atoms with van der Waals surface area (Å²) >= 11 is 1.82. The van der Waals surface area contributed by atoms with Crippen LogP contribution >= 0.6 is 11.3 Å². The summed E-state index contributed by atoms with van der Waals surface area (Å²) in [6.45, 7) is 3.07. The lowest BCUT2D eigenvalue weighted by Crippen LogP contribution is -2.25. The minimum Gasteiger partial charge on any atom is -0.397 e. The Labute approximate surface area is 112 Å². The van der Waals surface area contributed by atoms with Crippen LogP contribution in [0.15, 0.2) is 35.7 Å². The van der Waals surface area contributed by atoms with Crippen molar-refractivity contribution in [1.29, 1.82) is 0 Å². The highest BCUT2D eigenvalue weighted by Gasteiger charge is 2.30. The second-order valence-electron chi connectivity index (χ2n) is 5.00. The molecule has 94 valence electrons. The Balaban J connectivity index is 1.89. The zero-order chi connectivity index (χ0) is 12.5. The Bertz CT molecular complexity index is 529. The lowest BCUT2D eigenvalue weighted by Gasteiger charge is -2.25. The summed E-state index contributed by atoms with van der Waals surface area (Å²) < 4.78 is 0. The van der Waals surface area contributed by atoms with Gasteiger partial charge in [0.15, 0.2) is 0 Å². The maximum atomic E-state index is 6.18. The second kappa shape index (κ2) is 4.65. The second-order valence-corrected chi connectivity index (χ2v) is 6.03. The third-order valence-electron chi connectivity index (χ3n) is 3.39. The van der Waals surface area contributed by atoms with E-state index in [0.29, 0.717) is 6.04 Å². The summed E-state index contributed by atoms with van der Waals surface area (Å²) in [7, 11) is 0. The van der Waals surface area contributed by atoms with E-state index in [1.807, 2.05) is 11.3 Å². The molecule has 1 saturated carbocycles. The molecule has 1 aliphatic rings. The molecule has 0 unspecified atom stereocenters. The molecule has 3 heteroatoms. The molecular weight excluding hydrogens is 240 g/mol. The van der Waals surface area contributed by atoms with Gasteiger partial charge in [-0.25, -0.2) is 0 Å². The van der Waals surface area contributed by atoms with Gasteiger partial charge in [-0.15, -0.1) is 11.3 Å². The van der Waals surface area contributed by atoms with Crippen molar-refractivity contribution < 1.29 is 0 Å². The maximum absolute atomic E-state index is 6.18. The third kappa shape index (κ3) is 2.36. The van der Waals surface area contributed by atoms with Crippen LogP contribution in [0.2, 0.25) is 0 Å². The smallest absolute Gasteiger partial charge is 0.0605 e. The first-order chi connectivity index (χ1) is 8.74. The van der Waals surface area contributed by atoms with Crippen molar-refractivity contribution in [3.05, 3.63) is 46.2 Å². The fourth-order valence-corrected chi connectivity index (χ4v) is 3.01. The fourth-order valence-electron chi connectivity index (χ4n) is 2.30. The molecule has 0 atom stereocenters. The van der Waals surface area contributed by atoms with Gasteiger partial charge >= 0.3 is 0 Å². The third-order valence-corrected chi connectivity index (χ3v) is 4.25. The number of nitrogens with zero attached hydrogens (tertiary/aromatic N) is 1. The summed E-state index contributed by atoms with van der Waals surface area (Å²) in [5.41, 5.74) is 9.50. The van der Waals surface area contributed by atoms with E-state index in [4.69, 9.17) is 5.73 Å². The van der Waals surface area contributed by atoms with Gasteiger partial charge in [-0.2, -0.15) is 0 Å². The summed E-state index contributed by atoms with van der Waals surface area (Å²) in [6, 6.07) is 11.4. The zero-order valence-electron chi connectivity index (χ0n) is 10.6. The van der Waals surface area contributed by atoms with Crippen LogP contribution in [0.1, 0.15) is 23.3 Å². The predicted octanol–water partition coefficient (Wildman–Crippen LogP) is 3.81. The molecule has 1 fully saturated rings. The average Bonchev–Trinajstić information content (AvgIpc) is 3.05. The monoisotopic (exact) mass is 258 g/mol. The molecule has 2 N–H and O–H groups in total. The van der Waals surface area contributed by atoms with Crippen LogP contribution in [0.4, 0.5) is 11.4 Å². The van der Waals surface area contributed by atoms with Crippen molar-refractivity contribution in [2.75, 3.05) is 10.6 Å². The van der Waals surface area contributed by atoms with E-state index in [1.54, 1.807) is 0 Å². The first kappa shape index (κ1) is 11.6. The molecule has 0 amide bonds. The Hall–Kier alpha value is -1.48. The Morgan fingerprint density at radius 2 is 2.17 bits per heavy atom. The number of benzene rings is 1. The van der Waals surface area contributed by atoms with Gasteiger partial charge in [-0.3, -0.25) is 0 Å². The first-order valence-corrected chi connectivity index (χ1v) is 7.27. The van der Waals surface area contributed by atoms with Crippen molar-refractivity contribution in [1.82, 2.24) is 0 Å². The van der Waals surface area contributed by atoms with Gasteiger partial charge in [0.05, 0.1) is 17.9 Å². The molecule has 3 rings (SSSR count). The van der Waals surface area contributed by atoms with Crippen LogP contribution in [0.25, 0.3) is 0 Å². The van der Waals surface area contributed by atoms with E-state index in [2.05, 4.69) is 47.5 Å². The molecular formula is C15H18N2S. The highest BCUT2D eigenvalue weighted by molar-refractivity contribution is 7.09. The number of nitrogen functional groups attached to an aromatic ring is 1. The van der Waals surface area contributed by atoms with E-state index >= 15 is 0 Å². The molecule has 18 heavy (non-hydrogen) atoms. The predicted molar refractivity (Wildman–Crippen MR) is 79.1 cm³/mol. The van der Waals surface area contributed by atoms with Gasteiger partial charge in [0.25, 0.3) is 0 Å². The Kier molecular flexibility index (Phi) is 3.00. The fraction of sp³-hybridized carbons (Fsp3) is 0.333. The molecule has 0 spiro atoms. The van der Waals surface area contributed by atoms with Gasteiger partial charge in [0.2, 0.25) is 0 Å². The normalized spacial score (nSPS) is 14.7. The van der Waals surface area contributed by atoms with Gasteiger partial charge in [0, 0.05) is 10.9 Å². The van der Waals surface area contributed by atoms with Gasteiger partial charge in [-0.1, -0.05) is 12.1 Å². The van der Waals surface area contributed by atoms with Gasteiger partial charge in [0.1, 0.15) is 0 Å². The van der Waals surface area contributed by atoms with E-state index < -0.39 is 0 Å². The van der Waals surface area contributed by atoms with Gasteiger partial charge < -0.3 is 10.6 Å². The number of anilines is 2. The zero-order valence-corrected chi connectivity index (χ0v) is 11.4. The number of nitrogens with two attached hydrogens (primary N) is 1. The number of hydrogen-bond donors (Lipinski definition) is 1. The average molecular weight is 258 g/mol. The number of rotatable bonds is 4. The minimum absolute atomic E-state index is 0.678. The molecule has 1 aromatic carbocycles. The maximum Gasteiger partial charge on any atom is 0.0605 e. The molecule has 2 aromatic rings. The Morgan fingerprint density at radius 1 is 1.33 bits per heavy atom. The summed E-state index contributed by atoms with van der Waals surface area (Å²) in [5.74, 6) is 0. The van der Waals surface area contributed by atoms with E-state index in [1.165, 1.54) is 29.0 Å². The quantitative estimate of drug-likeness (QED) is 0.845. The highest BCUT2D eigenvalue weighted by Crippen LogP contribution is 2.36. The number of thiophene rings is 1. The molecule has 0 aliphatic heterocycles. The van der Waals surface area contributed by atoms with Crippen molar-refractivity contribution in [3.8, 4) is 0 Å². The molecule has 2 nitrogen and oxygen atoms in total. The summed E-state index contributed by atoms with van der Waals surface area (Å²) in [5, 5.41) is 2.14. The standard InChI is InChI=1S/C15H18N2S/c1-11-4-7-15(14(16)9-11)17(12-5-6-12)10-13-3-2-8-18-13/h2-4,7-9,12H,5-6,10,16H2,1H3. The largest absolute Gasteiger partial charge is 0.397 e. The SMILES string of the molecule is Cc1ccc(N(Cc2cccs2)C2CC2)c(N)c1. The molecule has 0 radical (unpaired) electrons. The first-order valence-electron chi connectivity index (χ1n) is 6.39. The van der Waals surface area contributed by atoms with Crippen LogP contribution in [-0.2, 0) is 6.54 Å². The lowest BCUT2D eigenvalue weighted by atomic mass is 10.1. The van der Waals surface area contributed by atoms with Crippen LogP contribution in [0.3, 0.4) is 0 Å². The highest BCUT2D eigenvalue weighted by atomic mass is 32.1. The van der Waals surface area contributed by atoms with Crippen LogP contribution < -0.4 is 10.6 Å². The summed E-state index contributed by atoms with van der Waals surface area (Å²) in [6.07, 6.45) is 2.58. The minimum atomic E-state index is 0.678. The Morgan fingerprint density at radius 3 is 2.78 bits per heavy atom.